The third-order valence-electron chi connectivity index (χ3n) is 4.76. The number of carbonyl (C=O) groups excluding carboxylic acids is 1. The highest BCUT2D eigenvalue weighted by Gasteiger charge is 2.30. The van der Waals surface area contributed by atoms with Crippen molar-refractivity contribution in [3.63, 3.8) is 0 Å². The number of aromatic nitrogens is 1. The molecule has 3 rings (SSSR count). The average molecular weight is 514 g/mol. The Bertz CT molecular complexity index is 1250. The van der Waals surface area contributed by atoms with Crippen LogP contribution in [0.15, 0.2) is 55.2 Å². The molecule has 0 aliphatic carbocycles. The van der Waals surface area contributed by atoms with Gasteiger partial charge in [0.1, 0.15) is 5.82 Å². The number of nitrogens with zero attached hydrogens (tertiary/aromatic N) is 2. The first-order chi connectivity index (χ1) is 15.9. The zero-order valence-corrected chi connectivity index (χ0v) is 19.1. The monoisotopic (exact) mass is 513 g/mol. The van der Waals surface area contributed by atoms with E-state index < -0.39 is 24.5 Å². The summed E-state index contributed by atoms with van der Waals surface area (Å²) in [6.45, 7) is 2.20. The van der Waals surface area contributed by atoms with Crippen molar-refractivity contribution in [2.75, 3.05) is 18.6 Å². The summed E-state index contributed by atoms with van der Waals surface area (Å²) in [5, 5.41) is 0.263. The maximum Gasteiger partial charge on any atom is 0.422 e. The van der Waals surface area contributed by atoms with Crippen molar-refractivity contribution in [1.29, 1.82) is 0 Å². The number of anilines is 1. The number of benzene rings is 2. The topological polar surface area (TPSA) is 68.5 Å². The Labute approximate surface area is 202 Å². The Balaban J connectivity index is 2.10. The zero-order valence-electron chi connectivity index (χ0n) is 17.6. The molecule has 0 aliphatic rings. The second-order valence-electron chi connectivity index (χ2n) is 7.11. The molecule has 0 bridgehead atoms. The lowest BCUT2D eigenvalue weighted by Gasteiger charge is -2.25. The number of carbonyl (C=O) groups is 1. The highest BCUT2D eigenvalue weighted by Crippen LogP contribution is 2.38. The van der Waals surface area contributed by atoms with Crippen LogP contribution >= 0.6 is 23.2 Å². The number of rotatable bonds is 7. The number of alkyl halides is 3. The van der Waals surface area contributed by atoms with E-state index in [4.69, 9.17) is 33.7 Å². The van der Waals surface area contributed by atoms with Gasteiger partial charge in [0.25, 0.3) is 0 Å². The number of amides is 1. The minimum absolute atomic E-state index is 0.0361. The molecule has 0 spiro atoms. The summed E-state index contributed by atoms with van der Waals surface area (Å²) in [5.41, 5.74) is 6.00. The van der Waals surface area contributed by atoms with Crippen molar-refractivity contribution >= 4 is 40.6 Å². The number of primary amides is 1. The molecule has 178 valence electrons. The molecule has 0 saturated carbocycles. The maximum atomic E-state index is 14.4. The molecule has 0 saturated heterocycles. The molecule has 1 amide bonds. The van der Waals surface area contributed by atoms with Crippen molar-refractivity contribution in [1.82, 2.24) is 4.98 Å². The van der Waals surface area contributed by atoms with Crippen molar-refractivity contribution in [2.24, 2.45) is 5.73 Å². The lowest BCUT2D eigenvalue weighted by Crippen LogP contribution is -2.22. The molecule has 2 aromatic carbocycles. The van der Waals surface area contributed by atoms with E-state index in [0.29, 0.717) is 5.56 Å². The lowest BCUT2D eigenvalue weighted by molar-refractivity contribution is -0.153. The third kappa shape index (κ3) is 5.60. The fraction of sp³-hybridized carbons (Fsp3) is 0.130. The highest BCUT2D eigenvalue weighted by molar-refractivity contribution is 6.33. The number of hydrogen-bond donors (Lipinski definition) is 1. The molecular weight excluding hydrogens is 497 g/mol. The third-order valence-corrected chi connectivity index (χ3v) is 5.40. The van der Waals surface area contributed by atoms with Gasteiger partial charge in [0.15, 0.2) is 18.2 Å². The first-order valence-electron chi connectivity index (χ1n) is 9.55. The molecular formula is C23H17Cl2F4N3O2. The summed E-state index contributed by atoms with van der Waals surface area (Å²) in [7, 11) is 1.42. The maximum absolute atomic E-state index is 14.4. The molecule has 1 aromatic heterocycles. The molecule has 0 atom stereocenters. The quantitative estimate of drug-likeness (QED) is 0.374. The van der Waals surface area contributed by atoms with Gasteiger partial charge in [-0.3, -0.25) is 4.79 Å². The van der Waals surface area contributed by atoms with Crippen molar-refractivity contribution < 1.29 is 27.1 Å². The highest BCUT2D eigenvalue weighted by atomic mass is 35.5. The predicted molar refractivity (Wildman–Crippen MR) is 124 cm³/mol. The van der Waals surface area contributed by atoms with Crippen LogP contribution in [0.2, 0.25) is 10.0 Å². The first kappa shape index (κ1) is 25.3. The molecule has 0 fully saturated rings. The molecule has 0 unspecified atom stereocenters. The zero-order chi connectivity index (χ0) is 25.2. The van der Waals surface area contributed by atoms with Crippen LogP contribution in [0.3, 0.4) is 0 Å². The molecule has 0 aliphatic heterocycles. The van der Waals surface area contributed by atoms with E-state index in [0.717, 1.165) is 0 Å². The number of pyridine rings is 1. The van der Waals surface area contributed by atoms with E-state index in [1.807, 2.05) is 0 Å². The van der Waals surface area contributed by atoms with E-state index in [1.165, 1.54) is 60.6 Å². The second-order valence-corrected chi connectivity index (χ2v) is 7.93. The average Bonchev–Trinajstić information content (AvgIpc) is 2.76. The number of ether oxygens (including phenoxy) is 1. The van der Waals surface area contributed by atoms with E-state index in [9.17, 15) is 22.4 Å². The Morgan fingerprint density at radius 2 is 1.88 bits per heavy atom. The van der Waals surface area contributed by atoms with Crippen LogP contribution in [0.4, 0.5) is 23.4 Å². The molecule has 2 N–H and O–H groups in total. The van der Waals surface area contributed by atoms with E-state index in [1.54, 1.807) is 0 Å². The summed E-state index contributed by atoms with van der Waals surface area (Å²) in [6.07, 6.45) is -3.32. The molecule has 0 radical (unpaired) electrons. The van der Waals surface area contributed by atoms with Crippen LogP contribution in [0.25, 0.3) is 16.8 Å². The summed E-state index contributed by atoms with van der Waals surface area (Å²) in [6, 6.07) is 9.52. The van der Waals surface area contributed by atoms with Gasteiger partial charge in [-0.15, -0.1) is 0 Å². The normalized spacial score (nSPS) is 11.3. The SMILES string of the molecule is C=C(c1c(F)cccc1Cl)N(C)c1ncc(-c2cc(C(N)=O)ccc2Cl)cc1OCC(F)(F)F. The van der Waals surface area contributed by atoms with Crippen LogP contribution in [-0.4, -0.2) is 30.7 Å². The second kappa shape index (κ2) is 9.90. The van der Waals surface area contributed by atoms with Gasteiger partial charge in [0.05, 0.1) is 10.6 Å². The number of halogens is 6. The smallest absolute Gasteiger partial charge is 0.422 e. The Kier molecular flexibility index (Phi) is 7.38. The molecule has 3 aromatic rings. The van der Waals surface area contributed by atoms with Gasteiger partial charge in [0.2, 0.25) is 5.91 Å². The summed E-state index contributed by atoms with van der Waals surface area (Å²) in [4.78, 5) is 17.0. The largest absolute Gasteiger partial charge is 0.480 e. The van der Waals surface area contributed by atoms with Gasteiger partial charge in [-0.05, 0) is 36.4 Å². The summed E-state index contributed by atoms with van der Waals surface area (Å²) >= 11 is 12.3. The molecule has 11 heteroatoms. The molecule has 34 heavy (non-hydrogen) atoms. The van der Waals surface area contributed by atoms with Crippen LogP contribution in [0.5, 0.6) is 5.75 Å². The fourth-order valence-corrected chi connectivity index (χ4v) is 3.57. The number of nitrogens with two attached hydrogens (primary N) is 1. The van der Waals surface area contributed by atoms with Crippen molar-refractivity contribution in [3.8, 4) is 16.9 Å². The van der Waals surface area contributed by atoms with Crippen LogP contribution in [0, 0.1) is 5.82 Å². The van der Waals surface area contributed by atoms with Crippen LogP contribution < -0.4 is 15.4 Å². The standard InChI is InChI=1S/C23H17Cl2F4N3O2/c1-12(20-17(25)4-3-5-18(20)26)32(2)22-19(34-11-23(27,28)29)9-14(10-31-22)15-8-13(21(30)33)6-7-16(15)24/h3-10H,1,11H2,2H3,(H2,30,33). The van der Waals surface area contributed by atoms with Gasteiger partial charge >= 0.3 is 6.18 Å². The Hall–Kier alpha value is -3.30. The van der Waals surface area contributed by atoms with Gasteiger partial charge < -0.3 is 15.4 Å². The van der Waals surface area contributed by atoms with Gasteiger partial charge in [-0.25, -0.2) is 9.37 Å². The van der Waals surface area contributed by atoms with Gasteiger partial charge in [-0.2, -0.15) is 13.2 Å². The van der Waals surface area contributed by atoms with E-state index >= 15 is 0 Å². The first-order valence-corrected chi connectivity index (χ1v) is 10.3. The minimum Gasteiger partial charge on any atom is -0.480 e. The fourth-order valence-electron chi connectivity index (χ4n) is 3.07. The minimum atomic E-state index is -4.64. The summed E-state index contributed by atoms with van der Waals surface area (Å²) in [5.74, 6) is -1.76. The van der Waals surface area contributed by atoms with Crippen molar-refractivity contribution in [2.45, 2.75) is 6.18 Å². The van der Waals surface area contributed by atoms with Crippen LogP contribution in [0.1, 0.15) is 15.9 Å². The predicted octanol–water partition coefficient (Wildman–Crippen LogP) is 6.34. The summed E-state index contributed by atoms with van der Waals surface area (Å²) < 4.78 is 58.2. The van der Waals surface area contributed by atoms with Gasteiger partial charge in [0, 0.05) is 40.7 Å². The molecule has 1 heterocycles. The van der Waals surface area contributed by atoms with Crippen molar-refractivity contribution in [3.05, 3.63) is 82.2 Å². The van der Waals surface area contributed by atoms with E-state index in [-0.39, 0.29) is 44.0 Å². The number of hydrogen-bond acceptors (Lipinski definition) is 4. The lowest BCUT2D eigenvalue weighted by atomic mass is 10.0. The van der Waals surface area contributed by atoms with E-state index in [2.05, 4.69) is 11.6 Å². The van der Waals surface area contributed by atoms with Crippen LogP contribution in [-0.2, 0) is 0 Å². The molecule has 5 nitrogen and oxygen atoms in total. The Morgan fingerprint density at radius 3 is 2.50 bits per heavy atom. The Morgan fingerprint density at radius 1 is 1.18 bits per heavy atom. The van der Waals surface area contributed by atoms with Gasteiger partial charge in [-0.1, -0.05) is 35.8 Å².